The largest absolute Gasteiger partial charge is 0.444 e. The summed E-state index contributed by atoms with van der Waals surface area (Å²) < 4.78 is 44.3. The van der Waals surface area contributed by atoms with Gasteiger partial charge in [0.05, 0.1) is 5.69 Å². The predicted molar refractivity (Wildman–Crippen MR) is 98.2 cm³/mol. The highest BCUT2D eigenvalue weighted by Gasteiger charge is 2.27. The van der Waals surface area contributed by atoms with Crippen LogP contribution in [0.2, 0.25) is 0 Å². The van der Waals surface area contributed by atoms with Crippen molar-refractivity contribution in [3.63, 3.8) is 0 Å². The van der Waals surface area contributed by atoms with Crippen LogP contribution in [0, 0.1) is 3.70 Å². The summed E-state index contributed by atoms with van der Waals surface area (Å²) in [6, 6.07) is 2.86. The Morgan fingerprint density at radius 2 is 2.19 bits per heavy atom. The van der Waals surface area contributed by atoms with Gasteiger partial charge in [-0.1, -0.05) is 0 Å². The third-order valence-electron chi connectivity index (χ3n) is 3.25. The van der Waals surface area contributed by atoms with Gasteiger partial charge in [0.25, 0.3) is 5.91 Å². The third kappa shape index (κ3) is 4.96. The number of aryl methyl sites for hydroxylation is 1. The molecular formula is C15H12F3IN6O2. The number of anilines is 2. The van der Waals surface area contributed by atoms with Gasteiger partial charge >= 0.3 is 6.18 Å². The van der Waals surface area contributed by atoms with Crippen LogP contribution in [0.25, 0.3) is 11.5 Å². The van der Waals surface area contributed by atoms with Crippen LogP contribution in [0.15, 0.2) is 35.2 Å². The molecule has 1 amide bonds. The summed E-state index contributed by atoms with van der Waals surface area (Å²) in [5.74, 6) is -0.405. The van der Waals surface area contributed by atoms with Crippen molar-refractivity contribution in [3.8, 4) is 11.5 Å². The fraction of sp³-hybridized carbons (Fsp3) is 0.200. The lowest BCUT2D eigenvalue weighted by atomic mass is 10.2. The molecular weight excluding hydrogens is 480 g/mol. The van der Waals surface area contributed by atoms with Gasteiger partial charge in [-0.15, -0.1) is 0 Å². The lowest BCUT2D eigenvalue weighted by Crippen LogP contribution is -2.21. The van der Waals surface area contributed by atoms with E-state index < -0.39 is 18.6 Å². The van der Waals surface area contributed by atoms with Gasteiger partial charge in [-0.25, -0.2) is 9.97 Å². The molecule has 0 bridgehead atoms. The maximum absolute atomic E-state index is 12.3. The number of nitrogens with one attached hydrogen (secondary N) is 2. The van der Waals surface area contributed by atoms with Crippen molar-refractivity contribution in [1.82, 2.24) is 19.7 Å². The minimum absolute atomic E-state index is 0.0129. The lowest BCUT2D eigenvalue weighted by Gasteiger charge is -2.08. The second kappa shape index (κ2) is 7.54. The van der Waals surface area contributed by atoms with E-state index in [1.807, 2.05) is 22.6 Å². The second-order valence-corrected chi connectivity index (χ2v) is 6.42. The van der Waals surface area contributed by atoms with E-state index in [1.54, 1.807) is 17.9 Å². The molecule has 27 heavy (non-hydrogen) atoms. The van der Waals surface area contributed by atoms with Gasteiger partial charge in [0, 0.05) is 25.0 Å². The van der Waals surface area contributed by atoms with Crippen molar-refractivity contribution in [2.75, 3.05) is 17.2 Å². The molecule has 0 aliphatic carbocycles. The molecule has 0 aliphatic rings. The predicted octanol–water partition coefficient (Wildman–Crippen LogP) is 3.30. The van der Waals surface area contributed by atoms with Crippen LogP contribution in [-0.4, -0.2) is 38.4 Å². The molecule has 2 N–H and O–H groups in total. The Balaban J connectivity index is 1.73. The molecule has 0 radical (unpaired) electrons. The highest BCUT2D eigenvalue weighted by atomic mass is 127. The molecule has 3 aromatic rings. The smallest absolute Gasteiger partial charge is 0.405 e. The first kappa shape index (κ1) is 19.1. The number of hydrogen-bond donors (Lipinski definition) is 2. The topological polar surface area (TPSA) is 97.9 Å². The van der Waals surface area contributed by atoms with Crippen LogP contribution < -0.4 is 10.6 Å². The molecule has 0 saturated carbocycles. The lowest BCUT2D eigenvalue weighted by molar-refractivity contribution is -0.115. The Kier molecular flexibility index (Phi) is 5.34. The average molecular weight is 492 g/mol. The number of nitrogens with zero attached hydrogens (tertiary/aromatic N) is 4. The van der Waals surface area contributed by atoms with Crippen LogP contribution in [-0.2, 0) is 7.05 Å². The van der Waals surface area contributed by atoms with E-state index in [2.05, 4.69) is 25.7 Å². The van der Waals surface area contributed by atoms with E-state index >= 15 is 0 Å². The van der Waals surface area contributed by atoms with E-state index in [-0.39, 0.29) is 17.4 Å². The first-order chi connectivity index (χ1) is 12.7. The minimum Gasteiger partial charge on any atom is -0.444 e. The minimum atomic E-state index is -4.37. The monoisotopic (exact) mass is 492 g/mol. The Morgan fingerprint density at radius 1 is 1.41 bits per heavy atom. The highest BCUT2D eigenvalue weighted by molar-refractivity contribution is 14.1. The standard InChI is InChI=1S/C15H12F3IN6O2/c1-25-5-9(12(19)24-25)22-13(26)10-6-27-14(23-10)8-2-3-20-11(4-8)21-7-15(16,17)18/h2-6H,7H2,1H3,(H,20,21)(H,22,26). The van der Waals surface area contributed by atoms with Crippen LogP contribution in [0.5, 0.6) is 0 Å². The van der Waals surface area contributed by atoms with Gasteiger partial charge in [0.2, 0.25) is 5.89 Å². The summed E-state index contributed by atoms with van der Waals surface area (Å²) in [5, 5.41) is 8.93. The van der Waals surface area contributed by atoms with E-state index in [0.717, 1.165) is 6.26 Å². The first-order valence-electron chi connectivity index (χ1n) is 7.44. The fourth-order valence-corrected chi connectivity index (χ4v) is 2.71. The zero-order valence-electron chi connectivity index (χ0n) is 13.7. The van der Waals surface area contributed by atoms with Gasteiger partial charge in [0.15, 0.2) is 5.69 Å². The SMILES string of the molecule is Cn1cc(NC(=O)c2coc(-c3ccnc(NCC(F)(F)F)c3)n2)c(I)n1. The number of rotatable bonds is 5. The zero-order valence-corrected chi connectivity index (χ0v) is 15.9. The van der Waals surface area contributed by atoms with Crippen molar-refractivity contribution in [2.45, 2.75) is 6.18 Å². The van der Waals surface area contributed by atoms with Gasteiger partial charge in [-0.3, -0.25) is 9.48 Å². The molecule has 142 valence electrons. The van der Waals surface area contributed by atoms with Gasteiger partial charge in [-0.05, 0) is 34.7 Å². The quantitative estimate of drug-likeness (QED) is 0.531. The number of hydrogen-bond acceptors (Lipinski definition) is 6. The Hall–Kier alpha value is -2.64. The Morgan fingerprint density at radius 3 is 2.85 bits per heavy atom. The molecule has 12 heteroatoms. The molecule has 0 fully saturated rings. The summed E-state index contributed by atoms with van der Waals surface area (Å²) >= 11 is 1.98. The van der Waals surface area contributed by atoms with Crippen LogP contribution in [0.4, 0.5) is 24.7 Å². The number of amides is 1. The summed E-state index contributed by atoms with van der Waals surface area (Å²) in [6.07, 6.45) is -0.245. The van der Waals surface area contributed by atoms with Crippen molar-refractivity contribution >= 4 is 40.0 Å². The molecule has 8 nitrogen and oxygen atoms in total. The summed E-state index contributed by atoms with van der Waals surface area (Å²) in [6.45, 7) is -1.22. The number of carbonyl (C=O) groups excluding carboxylic acids is 1. The van der Waals surface area contributed by atoms with Gasteiger partial charge < -0.3 is 15.1 Å². The van der Waals surface area contributed by atoms with Crippen LogP contribution in [0.1, 0.15) is 10.5 Å². The molecule has 3 heterocycles. The van der Waals surface area contributed by atoms with Crippen molar-refractivity contribution in [1.29, 1.82) is 0 Å². The van der Waals surface area contributed by atoms with Crippen LogP contribution in [0.3, 0.4) is 0 Å². The molecule has 0 aliphatic heterocycles. The number of aromatic nitrogens is 4. The van der Waals surface area contributed by atoms with Gasteiger partial charge in [-0.2, -0.15) is 18.3 Å². The average Bonchev–Trinajstić information content (AvgIpc) is 3.20. The summed E-state index contributed by atoms with van der Waals surface area (Å²) in [4.78, 5) is 20.2. The third-order valence-corrected chi connectivity index (χ3v) is 4.04. The molecule has 0 aromatic carbocycles. The maximum Gasteiger partial charge on any atom is 0.405 e. The maximum atomic E-state index is 12.3. The molecule has 0 unspecified atom stereocenters. The fourth-order valence-electron chi connectivity index (χ4n) is 2.09. The van der Waals surface area contributed by atoms with Crippen molar-refractivity contribution < 1.29 is 22.4 Å². The normalized spacial score (nSPS) is 11.4. The number of alkyl halides is 3. The van der Waals surface area contributed by atoms with E-state index in [4.69, 9.17) is 4.42 Å². The summed E-state index contributed by atoms with van der Waals surface area (Å²) in [5.41, 5.74) is 0.922. The van der Waals surface area contributed by atoms with Crippen LogP contribution >= 0.6 is 22.6 Å². The number of halogens is 4. The Labute approximate surface area is 164 Å². The Bertz CT molecular complexity index is 969. The first-order valence-corrected chi connectivity index (χ1v) is 8.52. The molecule has 0 spiro atoms. The van der Waals surface area contributed by atoms with E-state index in [0.29, 0.717) is 15.0 Å². The summed E-state index contributed by atoms with van der Waals surface area (Å²) in [7, 11) is 1.72. The number of carbonyl (C=O) groups is 1. The second-order valence-electron chi connectivity index (χ2n) is 5.40. The van der Waals surface area contributed by atoms with E-state index in [1.165, 1.54) is 18.3 Å². The van der Waals surface area contributed by atoms with E-state index in [9.17, 15) is 18.0 Å². The number of pyridine rings is 1. The zero-order chi connectivity index (χ0) is 19.6. The number of oxazole rings is 1. The molecule has 3 rings (SSSR count). The molecule has 3 aromatic heterocycles. The van der Waals surface area contributed by atoms with Crippen molar-refractivity contribution in [3.05, 3.63) is 40.2 Å². The highest BCUT2D eigenvalue weighted by Crippen LogP contribution is 2.23. The van der Waals surface area contributed by atoms with Gasteiger partial charge in [0.1, 0.15) is 22.3 Å². The molecule has 0 atom stereocenters. The molecule has 0 saturated heterocycles. The van der Waals surface area contributed by atoms with Crippen molar-refractivity contribution in [2.24, 2.45) is 7.05 Å².